The van der Waals surface area contributed by atoms with E-state index in [1.807, 2.05) is 35.2 Å². The average Bonchev–Trinajstić information content (AvgIpc) is 2.70. The highest BCUT2D eigenvalue weighted by Crippen LogP contribution is 2.37. The van der Waals surface area contributed by atoms with Crippen molar-refractivity contribution in [2.75, 3.05) is 19.8 Å². The number of halogens is 1. The van der Waals surface area contributed by atoms with Gasteiger partial charge >= 0.3 is 0 Å². The van der Waals surface area contributed by atoms with Gasteiger partial charge in [-0.2, -0.15) is 0 Å². The summed E-state index contributed by atoms with van der Waals surface area (Å²) in [6.45, 7) is 2.31. The first-order valence-corrected chi connectivity index (χ1v) is 10.0. The van der Waals surface area contributed by atoms with Crippen molar-refractivity contribution in [2.24, 2.45) is 5.92 Å². The third kappa shape index (κ3) is 3.96. The SMILES string of the molecule is O=C1C(C(O)c2ccc3c(c2)OCCO3)CCCN1Cc1ccc(Br)cc1. The monoisotopic (exact) mass is 431 g/mol. The number of hydrogen-bond acceptors (Lipinski definition) is 4. The van der Waals surface area contributed by atoms with Crippen molar-refractivity contribution in [2.45, 2.75) is 25.5 Å². The molecule has 2 atom stereocenters. The van der Waals surface area contributed by atoms with E-state index in [4.69, 9.17) is 9.47 Å². The molecule has 6 heteroatoms. The first-order valence-electron chi connectivity index (χ1n) is 9.22. The molecular weight excluding hydrogens is 410 g/mol. The predicted molar refractivity (Wildman–Crippen MR) is 105 cm³/mol. The highest BCUT2D eigenvalue weighted by atomic mass is 79.9. The number of likely N-dealkylation sites (tertiary alicyclic amines) is 1. The molecule has 2 aliphatic rings. The standard InChI is InChI=1S/C21H22BrNO4/c22-16-6-3-14(4-7-16)13-23-9-1-2-17(21(23)25)20(24)15-5-8-18-19(12-15)27-11-10-26-18/h3-8,12,17,20,24H,1-2,9-11,13H2. The Morgan fingerprint density at radius 2 is 1.85 bits per heavy atom. The summed E-state index contributed by atoms with van der Waals surface area (Å²) in [5.74, 6) is 0.889. The number of aliphatic hydroxyl groups is 1. The molecule has 2 aromatic carbocycles. The minimum Gasteiger partial charge on any atom is -0.486 e. The van der Waals surface area contributed by atoms with Gasteiger partial charge in [0.05, 0.1) is 12.0 Å². The van der Waals surface area contributed by atoms with Crippen molar-refractivity contribution in [3.8, 4) is 11.5 Å². The van der Waals surface area contributed by atoms with Crippen LogP contribution in [-0.2, 0) is 11.3 Å². The second-order valence-corrected chi connectivity index (χ2v) is 7.90. The van der Waals surface area contributed by atoms with Crippen LogP contribution in [0.2, 0.25) is 0 Å². The van der Waals surface area contributed by atoms with E-state index in [-0.39, 0.29) is 5.91 Å². The zero-order valence-electron chi connectivity index (χ0n) is 14.9. The molecule has 1 saturated heterocycles. The van der Waals surface area contributed by atoms with Crippen LogP contribution in [-0.4, -0.2) is 35.7 Å². The molecule has 4 rings (SSSR count). The topological polar surface area (TPSA) is 59.0 Å². The number of aliphatic hydroxyl groups excluding tert-OH is 1. The van der Waals surface area contributed by atoms with Crippen LogP contribution in [0.25, 0.3) is 0 Å². The van der Waals surface area contributed by atoms with E-state index in [2.05, 4.69) is 15.9 Å². The van der Waals surface area contributed by atoms with E-state index in [1.54, 1.807) is 12.1 Å². The number of carbonyl (C=O) groups is 1. The lowest BCUT2D eigenvalue weighted by Crippen LogP contribution is -2.42. The van der Waals surface area contributed by atoms with E-state index in [9.17, 15) is 9.90 Å². The summed E-state index contributed by atoms with van der Waals surface area (Å²) in [6, 6.07) is 13.4. The Balaban J connectivity index is 1.49. The van der Waals surface area contributed by atoms with Crippen molar-refractivity contribution < 1.29 is 19.4 Å². The van der Waals surface area contributed by atoms with Gasteiger partial charge in [-0.15, -0.1) is 0 Å². The van der Waals surface area contributed by atoms with Gasteiger partial charge in [-0.25, -0.2) is 0 Å². The predicted octanol–water partition coefficient (Wildman–Crippen LogP) is 3.69. The van der Waals surface area contributed by atoms with Crippen LogP contribution in [0.4, 0.5) is 0 Å². The number of amides is 1. The largest absolute Gasteiger partial charge is 0.486 e. The zero-order valence-corrected chi connectivity index (χ0v) is 16.5. The van der Waals surface area contributed by atoms with E-state index in [1.165, 1.54) is 0 Å². The molecule has 1 N–H and O–H groups in total. The van der Waals surface area contributed by atoms with E-state index >= 15 is 0 Å². The van der Waals surface area contributed by atoms with Crippen LogP contribution in [0, 0.1) is 5.92 Å². The summed E-state index contributed by atoms with van der Waals surface area (Å²) in [6.07, 6.45) is 0.723. The van der Waals surface area contributed by atoms with E-state index in [0.717, 1.165) is 23.0 Å². The minimum atomic E-state index is -0.846. The van der Waals surface area contributed by atoms with Crippen LogP contribution >= 0.6 is 15.9 Å². The molecule has 1 fully saturated rings. The summed E-state index contributed by atoms with van der Waals surface area (Å²) < 4.78 is 12.2. The molecule has 2 aromatic rings. The molecule has 2 heterocycles. The van der Waals surface area contributed by atoms with Gasteiger partial charge in [0.1, 0.15) is 13.2 Å². The number of hydrogen-bond donors (Lipinski definition) is 1. The number of rotatable bonds is 4. The number of fused-ring (bicyclic) bond motifs is 1. The van der Waals surface area contributed by atoms with Gasteiger partial charge in [0.25, 0.3) is 0 Å². The maximum absolute atomic E-state index is 13.0. The molecule has 5 nitrogen and oxygen atoms in total. The van der Waals surface area contributed by atoms with Crippen LogP contribution in [0.15, 0.2) is 46.9 Å². The fourth-order valence-corrected chi connectivity index (χ4v) is 3.97. The Labute approximate surface area is 167 Å². The average molecular weight is 432 g/mol. The Morgan fingerprint density at radius 1 is 1.11 bits per heavy atom. The van der Waals surface area contributed by atoms with Crippen LogP contribution in [0.3, 0.4) is 0 Å². The quantitative estimate of drug-likeness (QED) is 0.801. The first kappa shape index (κ1) is 18.3. The molecule has 1 amide bonds. The van der Waals surface area contributed by atoms with Gasteiger partial charge in [0, 0.05) is 17.6 Å². The van der Waals surface area contributed by atoms with E-state index in [0.29, 0.717) is 43.2 Å². The van der Waals surface area contributed by atoms with E-state index < -0.39 is 12.0 Å². The molecular formula is C21H22BrNO4. The molecule has 0 saturated carbocycles. The molecule has 27 heavy (non-hydrogen) atoms. The Hall–Kier alpha value is -2.05. The maximum Gasteiger partial charge on any atom is 0.228 e. The summed E-state index contributed by atoms with van der Waals surface area (Å²) in [5.41, 5.74) is 1.78. The molecule has 142 valence electrons. The number of nitrogens with zero attached hydrogens (tertiary/aromatic N) is 1. The van der Waals surface area contributed by atoms with Crippen molar-refractivity contribution in [3.63, 3.8) is 0 Å². The fraction of sp³-hybridized carbons (Fsp3) is 0.381. The molecule has 2 unspecified atom stereocenters. The highest BCUT2D eigenvalue weighted by molar-refractivity contribution is 9.10. The normalized spacial score (nSPS) is 20.4. The maximum atomic E-state index is 13.0. The lowest BCUT2D eigenvalue weighted by molar-refractivity contribution is -0.143. The van der Waals surface area contributed by atoms with Gasteiger partial charge in [0.2, 0.25) is 5.91 Å². The van der Waals surface area contributed by atoms with Crippen molar-refractivity contribution >= 4 is 21.8 Å². The van der Waals surface area contributed by atoms with Gasteiger partial charge in [-0.05, 0) is 48.2 Å². The third-order valence-corrected chi connectivity index (χ3v) is 5.68. The molecule has 0 bridgehead atoms. The lowest BCUT2D eigenvalue weighted by Gasteiger charge is -2.35. The Bertz CT molecular complexity index is 823. The molecule has 0 spiro atoms. The molecule has 2 aliphatic heterocycles. The zero-order chi connectivity index (χ0) is 18.8. The highest BCUT2D eigenvalue weighted by Gasteiger charge is 2.35. The summed E-state index contributed by atoms with van der Waals surface area (Å²) in [5, 5.41) is 10.9. The van der Waals surface area contributed by atoms with Gasteiger partial charge in [0.15, 0.2) is 11.5 Å². The summed E-state index contributed by atoms with van der Waals surface area (Å²) >= 11 is 3.43. The minimum absolute atomic E-state index is 0.00607. The fourth-order valence-electron chi connectivity index (χ4n) is 3.71. The first-order chi connectivity index (χ1) is 13.1. The van der Waals surface area contributed by atoms with Crippen LogP contribution in [0.1, 0.15) is 30.1 Å². The molecule has 0 aliphatic carbocycles. The van der Waals surface area contributed by atoms with Gasteiger partial charge in [-0.1, -0.05) is 34.1 Å². The lowest BCUT2D eigenvalue weighted by atomic mass is 9.87. The smallest absolute Gasteiger partial charge is 0.228 e. The van der Waals surface area contributed by atoms with Crippen molar-refractivity contribution in [1.29, 1.82) is 0 Å². The van der Waals surface area contributed by atoms with Crippen LogP contribution < -0.4 is 9.47 Å². The molecule has 0 radical (unpaired) electrons. The Kier molecular flexibility index (Phi) is 5.36. The van der Waals surface area contributed by atoms with Gasteiger partial charge in [-0.3, -0.25) is 4.79 Å². The van der Waals surface area contributed by atoms with Gasteiger partial charge < -0.3 is 19.5 Å². The number of benzene rings is 2. The number of carbonyl (C=O) groups excluding carboxylic acids is 1. The third-order valence-electron chi connectivity index (χ3n) is 5.15. The summed E-state index contributed by atoms with van der Waals surface area (Å²) in [4.78, 5) is 14.8. The second kappa shape index (κ2) is 7.90. The van der Waals surface area contributed by atoms with Crippen LogP contribution in [0.5, 0.6) is 11.5 Å². The summed E-state index contributed by atoms with van der Waals surface area (Å²) in [7, 11) is 0. The second-order valence-electron chi connectivity index (χ2n) is 6.98. The number of piperidine rings is 1. The van der Waals surface area contributed by atoms with Crippen molar-refractivity contribution in [1.82, 2.24) is 4.90 Å². The van der Waals surface area contributed by atoms with Crippen molar-refractivity contribution in [3.05, 3.63) is 58.1 Å². The number of ether oxygens (including phenoxy) is 2. The molecule has 0 aromatic heterocycles. The Morgan fingerprint density at radius 3 is 2.63 bits per heavy atom.